The standard InChI is InChI=1S/C20H21N3O3S/c1-25-17-8-7-14(11-18(17)26-2)9-10-21-19(24)13-27-20-12-22-15-5-3-4-6-16(15)23-20/h3-8,11-12H,9-10,13H2,1-2H3,(H,21,24). The second-order valence-corrected chi connectivity index (χ2v) is 6.77. The summed E-state index contributed by atoms with van der Waals surface area (Å²) in [5.74, 6) is 1.65. The smallest absolute Gasteiger partial charge is 0.230 e. The van der Waals surface area contributed by atoms with Gasteiger partial charge in [-0.05, 0) is 36.2 Å². The molecule has 1 N–H and O–H groups in total. The Kier molecular flexibility index (Phi) is 6.49. The number of nitrogens with zero attached hydrogens (tertiary/aromatic N) is 2. The molecule has 7 heteroatoms. The van der Waals surface area contributed by atoms with E-state index < -0.39 is 0 Å². The van der Waals surface area contributed by atoms with E-state index in [0.29, 0.717) is 30.2 Å². The molecule has 2 aromatic carbocycles. The van der Waals surface area contributed by atoms with Crippen molar-refractivity contribution in [2.75, 3.05) is 26.5 Å². The molecule has 1 amide bonds. The molecule has 0 aliphatic rings. The molecule has 6 nitrogen and oxygen atoms in total. The Morgan fingerprint density at radius 1 is 1.07 bits per heavy atom. The van der Waals surface area contributed by atoms with Gasteiger partial charge in [0, 0.05) is 6.54 Å². The van der Waals surface area contributed by atoms with Crippen molar-refractivity contribution in [3.63, 3.8) is 0 Å². The number of nitrogens with one attached hydrogen (secondary N) is 1. The number of hydrogen-bond donors (Lipinski definition) is 1. The maximum Gasteiger partial charge on any atom is 0.230 e. The normalized spacial score (nSPS) is 10.6. The third-order valence-corrected chi connectivity index (χ3v) is 4.86. The Hall–Kier alpha value is -2.80. The highest BCUT2D eigenvalue weighted by atomic mass is 32.2. The van der Waals surface area contributed by atoms with Crippen molar-refractivity contribution in [2.45, 2.75) is 11.4 Å². The van der Waals surface area contributed by atoms with E-state index in [1.54, 1.807) is 20.4 Å². The fourth-order valence-electron chi connectivity index (χ4n) is 2.58. The van der Waals surface area contributed by atoms with Crippen LogP contribution in [0.3, 0.4) is 0 Å². The molecule has 0 fully saturated rings. The minimum absolute atomic E-state index is 0.0320. The second kappa shape index (κ2) is 9.23. The van der Waals surface area contributed by atoms with Crippen LogP contribution >= 0.6 is 11.8 Å². The van der Waals surface area contributed by atoms with Gasteiger partial charge in [0.15, 0.2) is 11.5 Å². The van der Waals surface area contributed by atoms with Crippen LogP contribution in [0.2, 0.25) is 0 Å². The first-order valence-corrected chi connectivity index (χ1v) is 9.50. The van der Waals surface area contributed by atoms with E-state index in [9.17, 15) is 4.79 Å². The third-order valence-electron chi connectivity index (χ3n) is 3.96. The van der Waals surface area contributed by atoms with E-state index in [1.807, 2.05) is 42.5 Å². The number of carbonyl (C=O) groups is 1. The fourth-order valence-corrected chi connectivity index (χ4v) is 3.25. The molecule has 27 heavy (non-hydrogen) atoms. The molecule has 140 valence electrons. The molecule has 0 radical (unpaired) electrons. The van der Waals surface area contributed by atoms with Gasteiger partial charge in [-0.1, -0.05) is 30.0 Å². The molecule has 0 aliphatic heterocycles. The van der Waals surface area contributed by atoms with Gasteiger partial charge in [0.25, 0.3) is 0 Å². The van der Waals surface area contributed by atoms with Crippen LogP contribution in [-0.2, 0) is 11.2 Å². The van der Waals surface area contributed by atoms with Crippen LogP contribution in [0, 0.1) is 0 Å². The Labute approximate surface area is 162 Å². The van der Waals surface area contributed by atoms with Gasteiger partial charge in [-0.3, -0.25) is 9.78 Å². The molecular weight excluding hydrogens is 362 g/mol. The summed E-state index contributed by atoms with van der Waals surface area (Å²) in [5.41, 5.74) is 2.75. The quantitative estimate of drug-likeness (QED) is 0.603. The number of thioether (sulfide) groups is 1. The van der Waals surface area contributed by atoms with Crippen molar-refractivity contribution in [2.24, 2.45) is 0 Å². The average molecular weight is 383 g/mol. The van der Waals surface area contributed by atoms with Gasteiger partial charge in [0.05, 0.1) is 37.2 Å². The zero-order chi connectivity index (χ0) is 19.1. The van der Waals surface area contributed by atoms with E-state index in [1.165, 1.54) is 11.8 Å². The Morgan fingerprint density at radius 3 is 2.63 bits per heavy atom. The van der Waals surface area contributed by atoms with E-state index in [0.717, 1.165) is 21.6 Å². The Morgan fingerprint density at radius 2 is 1.85 bits per heavy atom. The van der Waals surface area contributed by atoms with Crippen LogP contribution in [0.25, 0.3) is 11.0 Å². The molecule has 0 aliphatic carbocycles. The molecule has 0 bridgehead atoms. The SMILES string of the molecule is COc1ccc(CCNC(=O)CSc2cnc3ccccc3n2)cc1OC. The van der Waals surface area contributed by atoms with Gasteiger partial charge in [0.1, 0.15) is 5.03 Å². The summed E-state index contributed by atoms with van der Waals surface area (Å²) >= 11 is 1.38. The number of carbonyl (C=O) groups excluding carboxylic acids is 1. The molecule has 3 aromatic rings. The number of hydrogen-bond acceptors (Lipinski definition) is 6. The lowest BCUT2D eigenvalue weighted by Crippen LogP contribution is -2.27. The summed E-state index contributed by atoms with van der Waals surface area (Å²) in [6, 6.07) is 13.4. The van der Waals surface area contributed by atoms with Crippen molar-refractivity contribution in [3.8, 4) is 11.5 Å². The summed E-state index contributed by atoms with van der Waals surface area (Å²) < 4.78 is 10.5. The van der Waals surface area contributed by atoms with Crippen LogP contribution in [0.5, 0.6) is 11.5 Å². The number of fused-ring (bicyclic) bond motifs is 1. The van der Waals surface area contributed by atoms with Crippen molar-refractivity contribution in [1.29, 1.82) is 0 Å². The monoisotopic (exact) mass is 383 g/mol. The van der Waals surface area contributed by atoms with Gasteiger partial charge in [-0.2, -0.15) is 0 Å². The zero-order valence-electron chi connectivity index (χ0n) is 15.3. The lowest BCUT2D eigenvalue weighted by Gasteiger charge is -2.10. The molecule has 0 spiro atoms. The van der Waals surface area contributed by atoms with Gasteiger partial charge in [0.2, 0.25) is 5.91 Å². The van der Waals surface area contributed by atoms with Crippen LogP contribution in [-0.4, -0.2) is 42.4 Å². The molecule has 1 aromatic heterocycles. The predicted octanol–water partition coefficient (Wildman–Crippen LogP) is 3.10. The minimum atomic E-state index is -0.0320. The first-order chi connectivity index (χ1) is 13.2. The van der Waals surface area contributed by atoms with Crippen LogP contribution < -0.4 is 14.8 Å². The van der Waals surface area contributed by atoms with E-state index in [2.05, 4.69) is 15.3 Å². The lowest BCUT2D eigenvalue weighted by atomic mass is 10.1. The summed E-state index contributed by atoms with van der Waals surface area (Å²) in [7, 11) is 3.21. The van der Waals surface area contributed by atoms with Gasteiger partial charge in [-0.25, -0.2) is 4.98 Å². The first kappa shape index (κ1) is 19.0. The molecule has 0 saturated heterocycles. The van der Waals surface area contributed by atoms with Crippen molar-refractivity contribution < 1.29 is 14.3 Å². The molecule has 3 rings (SSSR count). The number of methoxy groups -OCH3 is 2. The van der Waals surface area contributed by atoms with Crippen molar-refractivity contribution in [1.82, 2.24) is 15.3 Å². The van der Waals surface area contributed by atoms with Gasteiger partial charge < -0.3 is 14.8 Å². The second-order valence-electron chi connectivity index (χ2n) is 5.77. The number of ether oxygens (including phenoxy) is 2. The first-order valence-electron chi connectivity index (χ1n) is 8.52. The molecule has 1 heterocycles. The highest BCUT2D eigenvalue weighted by Crippen LogP contribution is 2.27. The maximum absolute atomic E-state index is 12.1. The maximum atomic E-state index is 12.1. The lowest BCUT2D eigenvalue weighted by molar-refractivity contribution is -0.118. The average Bonchev–Trinajstić information content (AvgIpc) is 2.72. The molecule has 0 saturated carbocycles. The topological polar surface area (TPSA) is 73.3 Å². The predicted molar refractivity (Wildman–Crippen MR) is 107 cm³/mol. The number of aromatic nitrogens is 2. The number of para-hydroxylation sites is 2. The summed E-state index contributed by atoms with van der Waals surface area (Å²) in [4.78, 5) is 20.9. The summed E-state index contributed by atoms with van der Waals surface area (Å²) in [5, 5.41) is 3.66. The molecule has 0 atom stereocenters. The van der Waals surface area contributed by atoms with Gasteiger partial charge >= 0.3 is 0 Å². The van der Waals surface area contributed by atoms with Gasteiger partial charge in [-0.15, -0.1) is 0 Å². The fraction of sp³-hybridized carbons (Fsp3) is 0.250. The Bertz CT molecular complexity index is 933. The van der Waals surface area contributed by atoms with E-state index in [4.69, 9.17) is 9.47 Å². The molecule has 0 unspecified atom stereocenters. The largest absolute Gasteiger partial charge is 0.493 e. The number of rotatable bonds is 8. The summed E-state index contributed by atoms with van der Waals surface area (Å²) in [6.45, 7) is 0.554. The van der Waals surface area contributed by atoms with Crippen molar-refractivity contribution in [3.05, 3.63) is 54.2 Å². The molecular formula is C20H21N3O3S. The zero-order valence-corrected chi connectivity index (χ0v) is 16.1. The van der Waals surface area contributed by atoms with E-state index in [-0.39, 0.29) is 5.91 Å². The van der Waals surface area contributed by atoms with Crippen LogP contribution in [0.1, 0.15) is 5.56 Å². The van der Waals surface area contributed by atoms with Crippen LogP contribution in [0.15, 0.2) is 53.7 Å². The van der Waals surface area contributed by atoms with Crippen molar-refractivity contribution >= 4 is 28.7 Å². The summed E-state index contributed by atoms with van der Waals surface area (Å²) in [6.07, 6.45) is 2.41. The van der Waals surface area contributed by atoms with E-state index >= 15 is 0 Å². The van der Waals surface area contributed by atoms with Crippen LogP contribution in [0.4, 0.5) is 0 Å². The Balaban J connectivity index is 1.46. The highest BCUT2D eigenvalue weighted by Gasteiger charge is 2.07. The highest BCUT2D eigenvalue weighted by molar-refractivity contribution is 7.99. The number of benzene rings is 2. The third kappa shape index (κ3) is 5.10. The minimum Gasteiger partial charge on any atom is -0.493 e. The number of amides is 1.